The van der Waals surface area contributed by atoms with Crippen molar-refractivity contribution in [2.24, 2.45) is 11.8 Å². The Labute approximate surface area is 159 Å². The summed E-state index contributed by atoms with van der Waals surface area (Å²) in [5.41, 5.74) is 3.16. The average Bonchev–Trinajstić information content (AvgIpc) is 3.17. The van der Waals surface area contributed by atoms with E-state index in [0.29, 0.717) is 0 Å². The summed E-state index contributed by atoms with van der Waals surface area (Å²) in [7, 11) is 0.750. The molecule has 0 amide bonds. The van der Waals surface area contributed by atoms with Gasteiger partial charge >= 0.3 is 26.2 Å². The van der Waals surface area contributed by atoms with E-state index >= 15 is 0 Å². The molecule has 0 aromatic heterocycles. The molecule has 4 aliphatic carbocycles. The van der Waals surface area contributed by atoms with Gasteiger partial charge in [0.15, 0.2) is 0 Å². The van der Waals surface area contributed by atoms with Crippen LogP contribution in [0, 0.1) is 24.7 Å². The molecule has 2 fully saturated rings. The van der Waals surface area contributed by atoms with Gasteiger partial charge < -0.3 is 0 Å². The minimum Gasteiger partial charge on any atom is -0.227 e. The Morgan fingerprint density at radius 3 is 1.64 bits per heavy atom. The third-order valence-electron chi connectivity index (χ3n) is 4.42. The van der Waals surface area contributed by atoms with Crippen molar-refractivity contribution in [3.8, 4) is 0 Å². The maximum absolute atomic E-state index is 2.37. The van der Waals surface area contributed by atoms with Gasteiger partial charge in [0.25, 0.3) is 0 Å². The fourth-order valence-electron chi connectivity index (χ4n) is 3.33. The van der Waals surface area contributed by atoms with Crippen molar-refractivity contribution < 1.29 is 26.2 Å². The predicted molar refractivity (Wildman–Crippen MR) is 96.6 cm³/mol. The monoisotopic (exact) mass is 387 g/mol. The molecule has 2 atom stereocenters. The Bertz CT molecular complexity index is 391. The Morgan fingerprint density at radius 1 is 0.864 bits per heavy atom. The van der Waals surface area contributed by atoms with Gasteiger partial charge in [-0.3, -0.25) is 0 Å². The van der Waals surface area contributed by atoms with E-state index in [0.717, 1.165) is 21.4 Å². The fourth-order valence-corrected chi connectivity index (χ4v) is 3.33. The van der Waals surface area contributed by atoms with E-state index in [1.165, 1.54) is 38.5 Å². The van der Waals surface area contributed by atoms with Crippen molar-refractivity contribution in [3.05, 3.63) is 60.4 Å². The quantitative estimate of drug-likeness (QED) is 0.380. The zero-order chi connectivity index (χ0) is 14.9. The van der Waals surface area contributed by atoms with Crippen molar-refractivity contribution in [3.63, 3.8) is 0 Å². The largest absolute Gasteiger partial charge is 2.00 e. The Kier molecular flexibility index (Phi) is 10.2. The molecule has 117 valence electrons. The number of rotatable bonds is 0. The van der Waals surface area contributed by atoms with Gasteiger partial charge in [-0.15, -0.1) is 37.1 Å². The minimum absolute atomic E-state index is 0. The Morgan fingerprint density at radius 2 is 1.27 bits per heavy atom. The van der Waals surface area contributed by atoms with Crippen LogP contribution in [0.25, 0.3) is 0 Å². The topological polar surface area (TPSA) is 0 Å². The molecule has 2 heteroatoms. The first-order valence-corrected chi connectivity index (χ1v) is 10.8. The van der Waals surface area contributed by atoms with Crippen LogP contribution in [0.2, 0.25) is 13.1 Å². The fraction of sp³-hybridized carbons (Fsp3) is 0.500. The molecule has 0 bridgehead atoms. The summed E-state index contributed by atoms with van der Waals surface area (Å²) in [5.74, 6) is 1.77. The van der Waals surface area contributed by atoms with Gasteiger partial charge in [-0.05, 0) is 24.7 Å². The molecule has 0 aromatic carbocycles. The summed E-state index contributed by atoms with van der Waals surface area (Å²) in [6.45, 7) is 4.42. The molecular weight excluding hydrogens is 360 g/mol. The SMILES string of the molecule is C1=CCC2CC[CH-]C2=C1.C1=CCC2CC[CH-]C2=C1.C[SiH]C.[Zr+2]. The second-order valence-corrected chi connectivity index (χ2v) is 7.35. The molecule has 0 aliphatic heterocycles. The second kappa shape index (κ2) is 11.4. The molecule has 2 unspecified atom stereocenters. The molecule has 4 rings (SSSR count). The van der Waals surface area contributed by atoms with Gasteiger partial charge in [-0.1, -0.05) is 25.9 Å². The first-order chi connectivity index (χ1) is 10.3. The van der Waals surface area contributed by atoms with Gasteiger partial charge in [-0.25, -0.2) is 36.1 Å². The average molecular weight is 389 g/mol. The zero-order valence-electron chi connectivity index (χ0n) is 14.1. The van der Waals surface area contributed by atoms with Crippen LogP contribution in [-0.2, 0) is 26.2 Å². The smallest absolute Gasteiger partial charge is 0.227 e. The summed E-state index contributed by atoms with van der Waals surface area (Å²) < 4.78 is 0. The summed E-state index contributed by atoms with van der Waals surface area (Å²) in [6.07, 6.45) is 26.1. The Balaban J connectivity index is 0.000000181. The van der Waals surface area contributed by atoms with Gasteiger partial charge in [0, 0.05) is 9.52 Å². The van der Waals surface area contributed by atoms with Crippen LogP contribution in [0.3, 0.4) is 0 Å². The summed E-state index contributed by atoms with van der Waals surface area (Å²) in [5, 5.41) is 0. The maximum Gasteiger partial charge on any atom is 2.00 e. The van der Waals surface area contributed by atoms with Gasteiger partial charge in [0.05, 0.1) is 0 Å². The zero-order valence-corrected chi connectivity index (χ0v) is 17.7. The maximum atomic E-state index is 2.37. The molecule has 0 aromatic rings. The molecule has 22 heavy (non-hydrogen) atoms. The molecule has 4 aliphatic rings. The molecule has 0 N–H and O–H groups in total. The molecule has 2 saturated carbocycles. The summed E-state index contributed by atoms with van der Waals surface area (Å²) >= 11 is 0. The van der Waals surface area contributed by atoms with Crippen LogP contribution in [0.4, 0.5) is 0 Å². The van der Waals surface area contributed by atoms with E-state index in [-0.39, 0.29) is 26.2 Å². The molecule has 0 nitrogen and oxygen atoms in total. The first-order valence-electron chi connectivity index (χ1n) is 8.49. The van der Waals surface area contributed by atoms with Crippen LogP contribution < -0.4 is 0 Å². The third-order valence-corrected chi connectivity index (χ3v) is 4.42. The van der Waals surface area contributed by atoms with E-state index in [9.17, 15) is 0 Å². The van der Waals surface area contributed by atoms with E-state index in [4.69, 9.17) is 0 Å². The van der Waals surface area contributed by atoms with Crippen LogP contribution >= 0.6 is 0 Å². The van der Waals surface area contributed by atoms with Gasteiger partial charge in [0.2, 0.25) is 0 Å². The first kappa shape index (κ1) is 19.8. The number of hydrogen-bond donors (Lipinski definition) is 0. The van der Waals surface area contributed by atoms with Crippen LogP contribution in [0.1, 0.15) is 38.5 Å². The number of fused-ring (bicyclic) bond motifs is 2. The number of allylic oxidation sites excluding steroid dienone is 8. The normalized spacial score (nSPS) is 26.3. The molecule has 0 spiro atoms. The standard InChI is InChI=1S/2C9H11.C2H7Si.Zr/c2*1-2-5-9-7-3-6-8(9)4-1;1-3-2;/h2*1-2,4,6,9H,3,5,7H2;3H,1-2H3;/q2*-1;;+2. The summed E-state index contributed by atoms with van der Waals surface area (Å²) in [4.78, 5) is 0. The molecule has 1 radical (unpaired) electrons. The van der Waals surface area contributed by atoms with Gasteiger partial charge in [0.1, 0.15) is 0 Å². The van der Waals surface area contributed by atoms with Crippen LogP contribution in [-0.4, -0.2) is 9.52 Å². The van der Waals surface area contributed by atoms with Crippen molar-refractivity contribution in [1.82, 2.24) is 0 Å². The van der Waals surface area contributed by atoms with Crippen molar-refractivity contribution >= 4 is 9.52 Å². The predicted octanol–water partition coefficient (Wildman–Crippen LogP) is 5.49. The van der Waals surface area contributed by atoms with E-state index < -0.39 is 0 Å². The van der Waals surface area contributed by atoms with Crippen molar-refractivity contribution in [1.29, 1.82) is 0 Å². The Hall–Kier alpha value is -0.200. The summed E-state index contributed by atoms with van der Waals surface area (Å²) in [6, 6.07) is 0. The second-order valence-electron chi connectivity index (χ2n) is 6.20. The molecule has 0 heterocycles. The minimum atomic E-state index is 0. The van der Waals surface area contributed by atoms with Gasteiger partial charge in [-0.2, -0.15) is 0 Å². The van der Waals surface area contributed by atoms with Crippen LogP contribution in [0.5, 0.6) is 0 Å². The van der Waals surface area contributed by atoms with Crippen molar-refractivity contribution in [2.75, 3.05) is 0 Å². The van der Waals surface area contributed by atoms with Crippen molar-refractivity contribution in [2.45, 2.75) is 51.6 Å². The van der Waals surface area contributed by atoms with E-state index in [2.05, 4.69) is 62.4 Å². The van der Waals surface area contributed by atoms with Crippen LogP contribution in [0.15, 0.2) is 47.6 Å². The van der Waals surface area contributed by atoms with E-state index in [1.54, 1.807) is 11.1 Å². The molecular formula is C20H29SiZr. The molecule has 0 saturated heterocycles. The number of hydrogen-bond acceptors (Lipinski definition) is 0. The van der Waals surface area contributed by atoms with E-state index in [1.807, 2.05) is 0 Å². The third kappa shape index (κ3) is 6.13.